The molecule has 0 amide bonds. The summed E-state index contributed by atoms with van der Waals surface area (Å²) in [6, 6.07) is 62.2. The molecule has 0 N–H and O–H groups in total. The van der Waals surface area contributed by atoms with Crippen molar-refractivity contribution in [2.75, 3.05) is 0 Å². The Morgan fingerprint density at radius 3 is 2.09 bits per heavy atom. The van der Waals surface area contributed by atoms with Gasteiger partial charge in [0.2, 0.25) is 0 Å². The number of aromatic nitrogens is 2. The number of fused-ring (bicyclic) bond motifs is 10. The van der Waals surface area contributed by atoms with Gasteiger partial charge in [-0.3, -0.25) is 0 Å². The van der Waals surface area contributed by atoms with E-state index in [0.717, 1.165) is 78.0 Å². The van der Waals surface area contributed by atoms with E-state index in [1.165, 1.54) is 38.9 Å². The van der Waals surface area contributed by atoms with Gasteiger partial charge in [-0.25, -0.2) is 9.97 Å². The molecule has 4 nitrogen and oxygen atoms in total. The van der Waals surface area contributed by atoms with Gasteiger partial charge in [0.15, 0.2) is 5.82 Å². The first-order valence-electron chi connectivity index (χ1n) is 19.2. The molecule has 0 aliphatic heterocycles. The highest BCUT2D eigenvalue weighted by Gasteiger charge is 2.29. The number of rotatable bonds is 4. The van der Waals surface area contributed by atoms with Crippen LogP contribution in [0.5, 0.6) is 0 Å². The highest BCUT2D eigenvalue weighted by Crippen LogP contribution is 2.48. The Kier molecular flexibility index (Phi) is 6.72. The maximum atomic E-state index is 6.94. The average molecular weight is 717 g/mol. The summed E-state index contributed by atoms with van der Waals surface area (Å²) in [6.07, 6.45) is 0.884. The summed E-state index contributed by atoms with van der Waals surface area (Å²) in [6.45, 7) is 0. The third kappa shape index (κ3) is 4.72. The van der Waals surface area contributed by atoms with E-state index in [9.17, 15) is 0 Å². The zero-order valence-electron chi connectivity index (χ0n) is 30.2. The fourth-order valence-electron chi connectivity index (χ4n) is 9.09. The van der Waals surface area contributed by atoms with Crippen LogP contribution in [0.15, 0.2) is 185 Å². The van der Waals surface area contributed by atoms with E-state index in [0.29, 0.717) is 5.82 Å². The first kappa shape index (κ1) is 31.1. The fraction of sp³-hybridized carbons (Fsp3) is 0.0385. The molecule has 11 aromatic rings. The summed E-state index contributed by atoms with van der Waals surface area (Å²) in [5.74, 6) is 0.811. The molecule has 4 heteroatoms. The minimum absolute atomic E-state index is 0.103. The zero-order chi connectivity index (χ0) is 36.7. The Labute approximate surface area is 322 Å². The number of benzene rings is 8. The lowest BCUT2D eigenvalue weighted by atomic mass is 9.74. The van der Waals surface area contributed by atoms with Crippen molar-refractivity contribution in [3.05, 3.63) is 193 Å². The second-order valence-corrected chi connectivity index (χ2v) is 14.8. The molecule has 0 spiro atoms. The van der Waals surface area contributed by atoms with Crippen LogP contribution in [0.2, 0.25) is 0 Å². The van der Waals surface area contributed by atoms with Gasteiger partial charge in [-0.05, 0) is 76.2 Å². The molecule has 0 fully saturated rings. The van der Waals surface area contributed by atoms with Gasteiger partial charge >= 0.3 is 0 Å². The number of hydrogen-bond acceptors (Lipinski definition) is 4. The molecule has 12 rings (SSSR count). The first-order chi connectivity index (χ1) is 27.7. The van der Waals surface area contributed by atoms with Crippen LogP contribution in [0.4, 0.5) is 0 Å². The minimum Gasteiger partial charge on any atom is -0.456 e. The summed E-state index contributed by atoms with van der Waals surface area (Å²) in [5, 5.41) is 5.45. The lowest BCUT2D eigenvalue weighted by Crippen LogP contribution is -2.13. The van der Waals surface area contributed by atoms with Gasteiger partial charge in [-0.15, -0.1) is 0 Å². The minimum atomic E-state index is 0.103. The molecule has 0 saturated heterocycles. The van der Waals surface area contributed by atoms with E-state index in [1.807, 2.05) is 36.4 Å². The van der Waals surface area contributed by atoms with E-state index in [1.54, 1.807) is 0 Å². The van der Waals surface area contributed by atoms with Gasteiger partial charge in [0, 0.05) is 49.5 Å². The Balaban J connectivity index is 1.03. The van der Waals surface area contributed by atoms with E-state index in [2.05, 4.69) is 140 Å². The predicted octanol–water partition coefficient (Wildman–Crippen LogP) is 13.8. The van der Waals surface area contributed by atoms with Crippen molar-refractivity contribution in [1.82, 2.24) is 9.97 Å². The molecule has 262 valence electrons. The molecule has 1 atom stereocenters. The standard InChI is InChI=1S/C52H32N2O2/c1-2-12-31(13-3-1)52-53-45-21-8-6-17-39(45)50(54-52)40-19-11-23-48-49(40)41-20-10-18-38(51(41)56-48)43-30-34-14-4-5-15-35(34)42-28-32(24-26-36(42)43)33-25-27-47-44(29-33)37-16-7-9-22-46(37)55-47/h1-29,43H,30H2. The van der Waals surface area contributed by atoms with Gasteiger partial charge in [0.1, 0.15) is 22.3 Å². The van der Waals surface area contributed by atoms with Gasteiger partial charge < -0.3 is 8.83 Å². The average Bonchev–Trinajstić information content (AvgIpc) is 3.84. The second-order valence-electron chi connectivity index (χ2n) is 14.8. The third-order valence-corrected chi connectivity index (χ3v) is 11.7. The summed E-state index contributed by atoms with van der Waals surface area (Å²) >= 11 is 0. The van der Waals surface area contributed by atoms with Crippen LogP contribution in [0, 0.1) is 0 Å². The number of para-hydroxylation sites is 3. The SMILES string of the molecule is c1ccc(-c2nc(-c3cccc4oc5c(C6Cc7ccccc7-c7cc(-c8ccc9oc%10ccccc%10c9c8)ccc76)cccc5c34)c3ccccc3n2)cc1. The van der Waals surface area contributed by atoms with Crippen molar-refractivity contribution >= 4 is 54.8 Å². The van der Waals surface area contributed by atoms with Crippen molar-refractivity contribution in [2.24, 2.45) is 0 Å². The van der Waals surface area contributed by atoms with Crippen molar-refractivity contribution in [2.45, 2.75) is 12.3 Å². The van der Waals surface area contributed by atoms with Crippen molar-refractivity contribution in [3.63, 3.8) is 0 Å². The number of hydrogen-bond donors (Lipinski definition) is 0. The molecule has 0 radical (unpaired) electrons. The lowest BCUT2D eigenvalue weighted by Gasteiger charge is -2.29. The molecule has 1 aliphatic carbocycles. The summed E-state index contributed by atoms with van der Waals surface area (Å²) in [5.41, 5.74) is 16.2. The van der Waals surface area contributed by atoms with Crippen molar-refractivity contribution in [3.8, 4) is 44.9 Å². The normalized spacial score (nSPS) is 13.8. The van der Waals surface area contributed by atoms with E-state index in [4.69, 9.17) is 18.8 Å². The Morgan fingerprint density at radius 2 is 1.14 bits per heavy atom. The lowest BCUT2D eigenvalue weighted by molar-refractivity contribution is 0.654. The smallest absolute Gasteiger partial charge is 0.160 e. The quantitative estimate of drug-likeness (QED) is 0.182. The zero-order valence-corrected chi connectivity index (χ0v) is 30.2. The van der Waals surface area contributed by atoms with Crippen LogP contribution in [0.3, 0.4) is 0 Å². The number of furan rings is 2. The number of nitrogens with zero attached hydrogens (tertiary/aromatic N) is 2. The largest absolute Gasteiger partial charge is 0.456 e. The maximum absolute atomic E-state index is 6.94. The first-order valence-corrected chi connectivity index (χ1v) is 19.2. The van der Waals surface area contributed by atoms with Crippen LogP contribution in [-0.4, -0.2) is 9.97 Å². The van der Waals surface area contributed by atoms with Crippen LogP contribution >= 0.6 is 0 Å². The van der Waals surface area contributed by atoms with Crippen LogP contribution in [0.25, 0.3) is 99.7 Å². The summed E-state index contributed by atoms with van der Waals surface area (Å²) < 4.78 is 13.1. The van der Waals surface area contributed by atoms with Gasteiger partial charge in [0.05, 0.1) is 11.2 Å². The molecular weight excluding hydrogens is 685 g/mol. The second kappa shape index (κ2) is 12.1. The molecule has 8 aromatic carbocycles. The Morgan fingerprint density at radius 1 is 0.429 bits per heavy atom. The maximum Gasteiger partial charge on any atom is 0.160 e. The molecule has 3 aromatic heterocycles. The summed E-state index contributed by atoms with van der Waals surface area (Å²) in [4.78, 5) is 10.2. The highest BCUT2D eigenvalue weighted by atomic mass is 16.3. The molecule has 56 heavy (non-hydrogen) atoms. The molecular formula is C52H32N2O2. The molecule has 3 heterocycles. The third-order valence-electron chi connectivity index (χ3n) is 11.7. The molecule has 1 unspecified atom stereocenters. The predicted molar refractivity (Wildman–Crippen MR) is 228 cm³/mol. The highest BCUT2D eigenvalue weighted by molar-refractivity contribution is 6.15. The van der Waals surface area contributed by atoms with E-state index < -0.39 is 0 Å². The van der Waals surface area contributed by atoms with E-state index >= 15 is 0 Å². The molecule has 1 aliphatic rings. The fourth-order valence-corrected chi connectivity index (χ4v) is 9.09. The van der Waals surface area contributed by atoms with Gasteiger partial charge in [-0.1, -0.05) is 140 Å². The van der Waals surface area contributed by atoms with Crippen molar-refractivity contribution < 1.29 is 8.83 Å². The van der Waals surface area contributed by atoms with Crippen molar-refractivity contribution in [1.29, 1.82) is 0 Å². The van der Waals surface area contributed by atoms with Crippen LogP contribution < -0.4 is 0 Å². The van der Waals surface area contributed by atoms with E-state index in [-0.39, 0.29) is 5.92 Å². The monoisotopic (exact) mass is 716 g/mol. The van der Waals surface area contributed by atoms with Crippen LogP contribution in [0.1, 0.15) is 22.6 Å². The Hall–Kier alpha value is -7.30. The Bertz CT molecular complexity index is 3360. The van der Waals surface area contributed by atoms with Crippen LogP contribution in [-0.2, 0) is 6.42 Å². The topological polar surface area (TPSA) is 52.1 Å². The van der Waals surface area contributed by atoms with Gasteiger partial charge in [-0.2, -0.15) is 0 Å². The molecule has 0 saturated carbocycles. The molecule has 0 bridgehead atoms. The van der Waals surface area contributed by atoms with Gasteiger partial charge in [0.25, 0.3) is 0 Å². The summed E-state index contributed by atoms with van der Waals surface area (Å²) in [7, 11) is 0.